The highest BCUT2D eigenvalue weighted by Gasteiger charge is 2.13. The van der Waals surface area contributed by atoms with E-state index in [1.165, 1.54) is 17.4 Å². The summed E-state index contributed by atoms with van der Waals surface area (Å²) >= 11 is 0. The fourth-order valence-electron chi connectivity index (χ4n) is 2.61. The van der Waals surface area contributed by atoms with Crippen molar-refractivity contribution in [3.8, 4) is 0 Å². The van der Waals surface area contributed by atoms with Crippen LogP contribution in [0.5, 0.6) is 0 Å². The second kappa shape index (κ2) is 5.19. The third kappa shape index (κ3) is 2.57. The van der Waals surface area contributed by atoms with Crippen molar-refractivity contribution >= 4 is 11.1 Å². The minimum Gasteiger partial charge on any atom is -0.408 e. The third-order valence-electron chi connectivity index (χ3n) is 3.74. The topological polar surface area (TPSA) is 59.2 Å². The number of hydrogen-bond acceptors (Lipinski definition) is 4. The van der Waals surface area contributed by atoms with Crippen LogP contribution >= 0.6 is 0 Å². The number of rotatable bonds is 4. The summed E-state index contributed by atoms with van der Waals surface area (Å²) < 4.78 is 6.71. The predicted octanol–water partition coefficient (Wildman–Crippen LogP) is 0.973. The summed E-state index contributed by atoms with van der Waals surface area (Å²) in [5, 5.41) is 6.90. The Hall–Kier alpha value is -1.59. The van der Waals surface area contributed by atoms with Crippen molar-refractivity contribution < 1.29 is 4.42 Å². The van der Waals surface area contributed by atoms with Gasteiger partial charge in [0.15, 0.2) is 5.58 Å². The van der Waals surface area contributed by atoms with Crippen molar-refractivity contribution in [2.45, 2.75) is 25.4 Å². The van der Waals surface area contributed by atoms with Gasteiger partial charge in [-0.15, -0.1) is 0 Å². The normalized spacial score (nSPS) is 19.3. The van der Waals surface area contributed by atoms with Gasteiger partial charge in [-0.1, -0.05) is 6.07 Å². The smallest absolute Gasteiger partial charge is 0.408 e. The maximum Gasteiger partial charge on any atom is 0.419 e. The van der Waals surface area contributed by atoms with Crippen LogP contribution in [0.25, 0.3) is 11.1 Å². The zero-order valence-corrected chi connectivity index (χ0v) is 11.1. The molecule has 2 aromatic rings. The standard InChI is InChI=1S/C14H19N3O2/c1-17-12-5-4-10(7-13(12)19-14(17)18)8-15-9-11-3-2-6-16-11/h4-5,7,11,15-16H,2-3,6,8-9H2,1H3. The molecule has 1 aromatic carbocycles. The summed E-state index contributed by atoms with van der Waals surface area (Å²) in [6.07, 6.45) is 2.52. The molecule has 1 atom stereocenters. The summed E-state index contributed by atoms with van der Waals surface area (Å²) in [6.45, 7) is 2.91. The van der Waals surface area contributed by atoms with E-state index in [0.717, 1.165) is 30.7 Å². The number of nitrogens with one attached hydrogen (secondary N) is 2. The van der Waals surface area contributed by atoms with Gasteiger partial charge in [-0.05, 0) is 37.1 Å². The molecule has 5 heteroatoms. The Morgan fingerprint density at radius 3 is 3.21 bits per heavy atom. The van der Waals surface area contributed by atoms with Gasteiger partial charge in [-0.25, -0.2) is 4.79 Å². The first-order valence-corrected chi connectivity index (χ1v) is 6.76. The first-order chi connectivity index (χ1) is 9.24. The Balaban J connectivity index is 1.66. The molecule has 0 saturated carbocycles. The van der Waals surface area contributed by atoms with Crippen molar-refractivity contribution in [1.82, 2.24) is 15.2 Å². The third-order valence-corrected chi connectivity index (χ3v) is 3.74. The predicted molar refractivity (Wildman–Crippen MR) is 74.2 cm³/mol. The van der Waals surface area contributed by atoms with Crippen molar-refractivity contribution in [2.75, 3.05) is 13.1 Å². The Labute approximate surface area is 111 Å². The lowest BCUT2D eigenvalue weighted by atomic mass is 10.2. The number of hydrogen-bond donors (Lipinski definition) is 2. The molecule has 3 rings (SSSR count). The van der Waals surface area contributed by atoms with E-state index in [-0.39, 0.29) is 5.76 Å². The molecule has 5 nitrogen and oxygen atoms in total. The fourth-order valence-corrected chi connectivity index (χ4v) is 2.61. The number of aryl methyl sites for hydroxylation is 1. The molecular weight excluding hydrogens is 242 g/mol. The molecule has 0 bridgehead atoms. The number of fused-ring (bicyclic) bond motifs is 1. The van der Waals surface area contributed by atoms with Gasteiger partial charge in [0, 0.05) is 26.2 Å². The average molecular weight is 261 g/mol. The number of aromatic nitrogens is 1. The molecule has 1 aliphatic heterocycles. The first kappa shape index (κ1) is 12.4. The maximum atomic E-state index is 11.4. The molecule has 1 unspecified atom stereocenters. The van der Waals surface area contributed by atoms with E-state index in [4.69, 9.17) is 4.42 Å². The van der Waals surface area contributed by atoms with Gasteiger partial charge in [-0.2, -0.15) is 0 Å². The molecular formula is C14H19N3O2. The van der Waals surface area contributed by atoms with Crippen LogP contribution in [0.1, 0.15) is 18.4 Å². The zero-order valence-electron chi connectivity index (χ0n) is 11.1. The van der Waals surface area contributed by atoms with Crippen LogP contribution in [0.3, 0.4) is 0 Å². The molecule has 2 heterocycles. The quantitative estimate of drug-likeness (QED) is 0.861. The summed E-state index contributed by atoms with van der Waals surface area (Å²) in [5.41, 5.74) is 2.64. The van der Waals surface area contributed by atoms with Gasteiger partial charge >= 0.3 is 5.76 Å². The van der Waals surface area contributed by atoms with E-state index < -0.39 is 0 Å². The van der Waals surface area contributed by atoms with Crippen molar-refractivity contribution in [2.24, 2.45) is 7.05 Å². The summed E-state index contributed by atoms with van der Waals surface area (Å²) in [4.78, 5) is 11.4. The zero-order chi connectivity index (χ0) is 13.2. The Kier molecular flexibility index (Phi) is 3.40. The van der Waals surface area contributed by atoms with Crippen molar-refractivity contribution in [1.29, 1.82) is 0 Å². The van der Waals surface area contributed by atoms with Crippen LogP contribution in [0.2, 0.25) is 0 Å². The lowest BCUT2D eigenvalue weighted by Gasteiger charge is -2.11. The molecule has 0 amide bonds. The second-order valence-electron chi connectivity index (χ2n) is 5.15. The molecule has 19 heavy (non-hydrogen) atoms. The van der Waals surface area contributed by atoms with E-state index in [1.807, 2.05) is 18.2 Å². The van der Waals surface area contributed by atoms with Gasteiger partial charge in [0.2, 0.25) is 0 Å². The fraction of sp³-hybridized carbons (Fsp3) is 0.500. The largest absolute Gasteiger partial charge is 0.419 e. The number of nitrogens with zero attached hydrogens (tertiary/aromatic N) is 1. The van der Waals surface area contributed by atoms with E-state index in [0.29, 0.717) is 11.6 Å². The average Bonchev–Trinajstić information content (AvgIpc) is 3.00. The highest BCUT2D eigenvalue weighted by atomic mass is 16.4. The highest BCUT2D eigenvalue weighted by molar-refractivity contribution is 5.73. The van der Waals surface area contributed by atoms with Crippen molar-refractivity contribution in [3.05, 3.63) is 34.3 Å². The minimum atomic E-state index is -0.310. The second-order valence-corrected chi connectivity index (χ2v) is 5.15. The molecule has 1 aliphatic rings. The van der Waals surface area contributed by atoms with Crippen molar-refractivity contribution in [3.63, 3.8) is 0 Å². The highest BCUT2D eigenvalue weighted by Crippen LogP contribution is 2.14. The van der Waals surface area contributed by atoms with Crippen LogP contribution in [0.4, 0.5) is 0 Å². The molecule has 0 radical (unpaired) electrons. The molecule has 1 saturated heterocycles. The van der Waals surface area contributed by atoms with Gasteiger partial charge < -0.3 is 15.1 Å². The van der Waals surface area contributed by atoms with E-state index in [1.54, 1.807) is 7.05 Å². The van der Waals surface area contributed by atoms with Crippen LogP contribution in [-0.4, -0.2) is 23.7 Å². The van der Waals surface area contributed by atoms with E-state index in [9.17, 15) is 4.79 Å². The monoisotopic (exact) mass is 261 g/mol. The molecule has 0 aliphatic carbocycles. The lowest BCUT2D eigenvalue weighted by Crippen LogP contribution is -2.33. The van der Waals surface area contributed by atoms with E-state index >= 15 is 0 Å². The Morgan fingerprint density at radius 2 is 2.42 bits per heavy atom. The Morgan fingerprint density at radius 1 is 1.53 bits per heavy atom. The summed E-state index contributed by atoms with van der Waals surface area (Å²) in [6, 6.07) is 6.50. The molecule has 102 valence electrons. The molecule has 0 spiro atoms. The Bertz CT molecular complexity index is 623. The number of benzene rings is 1. The van der Waals surface area contributed by atoms with Gasteiger partial charge in [0.05, 0.1) is 5.52 Å². The maximum absolute atomic E-state index is 11.4. The van der Waals surface area contributed by atoms with Crippen LogP contribution in [0.15, 0.2) is 27.4 Å². The van der Waals surface area contributed by atoms with E-state index in [2.05, 4.69) is 10.6 Å². The molecule has 2 N–H and O–H groups in total. The van der Waals surface area contributed by atoms with Crippen LogP contribution < -0.4 is 16.4 Å². The van der Waals surface area contributed by atoms with Crippen LogP contribution in [0, 0.1) is 0 Å². The molecule has 1 aromatic heterocycles. The minimum absolute atomic E-state index is 0.310. The SMILES string of the molecule is Cn1c(=O)oc2cc(CNCC3CCCN3)ccc21. The number of oxazole rings is 1. The van der Waals surface area contributed by atoms with Crippen LogP contribution in [-0.2, 0) is 13.6 Å². The first-order valence-electron chi connectivity index (χ1n) is 6.76. The summed E-state index contributed by atoms with van der Waals surface area (Å²) in [5.74, 6) is -0.310. The molecule has 1 fully saturated rings. The lowest BCUT2D eigenvalue weighted by molar-refractivity contribution is 0.526. The van der Waals surface area contributed by atoms with Gasteiger partial charge in [0.25, 0.3) is 0 Å². The van der Waals surface area contributed by atoms with Gasteiger partial charge in [0.1, 0.15) is 0 Å². The summed E-state index contributed by atoms with van der Waals surface area (Å²) in [7, 11) is 1.72. The van der Waals surface area contributed by atoms with Gasteiger partial charge in [-0.3, -0.25) is 4.57 Å².